The molecule has 1 amide bonds. The van der Waals surface area contributed by atoms with Gasteiger partial charge >= 0.3 is 0 Å². The first kappa shape index (κ1) is 16.8. The van der Waals surface area contributed by atoms with Crippen LogP contribution in [-0.4, -0.2) is 17.9 Å². The van der Waals surface area contributed by atoms with Crippen LogP contribution < -0.4 is 16.2 Å². The Morgan fingerprint density at radius 3 is 2.64 bits per heavy atom. The summed E-state index contributed by atoms with van der Waals surface area (Å²) < 4.78 is 0.712. The number of carbonyl (C=O) groups is 2. The second-order valence-corrected chi connectivity index (χ2v) is 6.73. The maximum Gasteiger partial charge on any atom is 0.253 e. The maximum absolute atomic E-state index is 12.3. The summed E-state index contributed by atoms with van der Waals surface area (Å²) in [4.78, 5) is 23.6. The van der Waals surface area contributed by atoms with E-state index in [-0.39, 0.29) is 5.56 Å². The number of carboxylic acid groups (broad SMARTS) is 1. The Labute approximate surface area is 138 Å². The minimum Gasteiger partial charge on any atom is -0.548 e. The smallest absolute Gasteiger partial charge is 0.253 e. The highest BCUT2D eigenvalue weighted by Crippen LogP contribution is 2.27. The van der Waals surface area contributed by atoms with Gasteiger partial charge in [0.25, 0.3) is 5.91 Å². The van der Waals surface area contributed by atoms with Gasteiger partial charge in [-0.15, -0.1) is 0 Å². The molecule has 1 aromatic carbocycles. The van der Waals surface area contributed by atoms with Gasteiger partial charge in [-0.3, -0.25) is 4.79 Å². The van der Waals surface area contributed by atoms with Crippen LogP contribution in [0.15, 0.2) is 22.7 Å². The SMILES string of the molecule is Nc1ccc(Br)cc1C(=O)N[C@@H](CC1CCCCC1)C(=O)[O-]. The lowest BCUT2D eigenvalue weighted by Crippen LogP contribution is -2.49. The molecule has 1 aliphatic rings. The van der Waals surface area contributed by atoms with Gasteiger partial charge in [0.15, 0.2) is 0 Å². The van der Waals surface area contributed by atoms with E-state index in [0.29, 0.717) is 22.5 Å². The van der Waals surface area contributed by atoms with E-state index in [1.807, 2.05) is 0 Å². The predicted molar refractivity (Wildman–Crippen MR) is 86.0 cm³/mol. The third-order valence-corrected chi connectivity index (χ3v) is 4.64. The Bertz CT molecular complexity index is 556. The molecule has 0 radical (unpaired) electrons. The van der Waals surface area contributed by atoms with Gasteiger partial charge in [0.2, 0.25) is 0 Å². The molecular formula is C16H20BrN2O3-. The Kier molecular flexibility index (Phi) is 5.83. The average molecular weight is 368 g/mol. The molecule has 6 heteroatoms. The van der Waals surface area contributed by atoms with Gasteiger partial charge in [-0.2, -0.15) is 0 Å². The number of hydrogen-bond donors (Lipinski definition) is 2. The molecule has 5 nitrogen and oxygen atoms in total. The predicted octanol–water partition coefficient (Wildman–Crippen LogP) is 1.85. The van der Waals surface area contributed by atoms with Crippen LogP contribution in [0.2, 0.25) is 0 Å². The molecule has 0 aliphatic heterocycles. The lowest BCUT2D eigenvalue weighted by Gasteiger charge is -2.27. The number of halogens is 1. The summed E-state index contributed by atoms with van der Waals surface area (Å²) >= 11 is 3.28. The molecule has 3 N–H and O–H groups in total. The Morgan fingerprint density at radius 2 is 2.00 bits per heavy atom. The zero-order valence-electron chi connectivity index (χ0n) is 12.3. The second kappa shape index (κ2) is 7.63. The van der Waals surface area contributed by atoms with E-state index in [4.69, 9.17) is 5.73 Å². The average Bonchev–Trinajstić information content (AvgIpc) is 2.50. The van der Waals surface area contributed by atoms with Crippen molar-refractivity contribution < 1.29 is 14.7 Å². The molecular weight excluding hydrogens is 348 g/mol. The number of nitrogens with two attached hydrogens (primary N) is 1. The molecule has 0 spiro atoms. The lowest BCUT2D eigenvalue weighted by atomic mass is 9.85. The third kappa shape index (κ3) is 4.47. The van der Waals surface area contributed by atoms with Crippen LogP contribution in [0.3, 0.4) is 0 Å². The van der Waals surface area contributed by atoms with E-state index in [1.165, 1.54) is 6.42 Å². The van der Waals surface area contributed by atoms with E-state index >= 15 is 0 Å². The van der Waals surface area contributed by atoms with Crippen LogP contribution in [0.4, 0.5) is 5.69 Å². The van der Waals surface area contributed by atoms with Gasteiger partial charge in [-0.05, 0) is 30.5 Å². The van der Waals surface area contributed by atoms with Gasteiger partial charge in [0.1, 0.15) is 0 Å². The zero-order chi connectivity index (χ0) is 16.1. The molecule has 120 valence electrons. The van der Waals surface area contributed by atoms with Crippen molar-refractivity contribution in [2.24, 2.45) is 5.92 Å². The first-order valence-corrected chi connectivity index (χ1v) is 8.33. The van der Waals surface area contributed by atoms with E-state index in [1.54, 1.807) is 18.2 Å². The van der Waals surface area contributed by atoms with Gasteiger partial charge in [0.05, 0.1) is 17.6 Å². The largest absolute Gasteiger partial charge is 0.548 e. The highest BCUT2D eigenvalue weighted by molar-refractivity contribution is 9.10. The number of aliphatic carboxylic acids is 1. The Balaban J connectivity index is 2.05. The molecule has 2 rings (SSSR count). The number of anilines is 1. The molecule has 1 atom stereocenters. The summed E-state index contributed by atoms with van der Waals surface area (Å²) in [5, 5.41) is 13.9. The van der Waals surface area contributed by atoms with Crippen LogP contribution in [0.25, 0.3) is 0 Å². The zero-order valence-corrected chi connectivity index (χ0v) is 13.9. The van der Waals surface area contributed by atoms with Crippen LogP contribution in [0.1, 0.15) is 48.9 Å². The van der Waals surface area contributed by atoms with E-state index in [9.17, 15) is 14.7 Å². The maximum atomic E-state index is 12.3. The topological polar surface area (TPSA) is 95.2 Å². The summed E-state index contributed by atoms with van der Waals surface area (Å²) in [6.07, 6.45) is 5.89. The summed E-state index contributed by atoms with van der Waals surface area (Å²) in [5.41, 5.74) is 6.36. The number of amides is 1. The molecule has 0 aromatic heterocycles. The van der Waals surface area contributed by atoms with Gasteiger partial charge in [-0.25, -0.2) is 0 Å². The minimum absolute atomic E-state index is 0.268. The van der Waals surface area contributed by atoms with Crippen molar-refractivity contribution in [3.05, 3.63) is 28.2 Å². The highest BCUT2D eigenvalue weighted by atomic mass is 79.9. The van der Waals surface area contributed by atoms with E-state index < -0.39 is 17.9 Å². The fraction of sp³-hybridized carbons (Fsp3) is 0.500. The first-order valence-electron chi connectivity index (χ1n) is 7.54. The monoisotopic (exact) mass is 367 g/mol. The number of hydrogen-bond acceptors (Lipinski definition) is 4. The normalized spacial score (nSPS) is 17.0. The van der Waals surface area contributed by atoms with Crippen molar-refractivity contribution in [1.82, 2.24) is 5.32 Å². The number of carbonyl (C=O) groups excluding carboxylic acids is 2. The number of nitrogens with one attached hydrogen (secondary N) is 1. The number of benzene rings is 1. The number of rotatable bonds is 5. The summed E-state index contributed by atoms with van der Waals surface area (Å²) in [6, 6.07) is 3.94. The fourth-order valence-corrected chi connectivity index (χ4v) is 3.29. The fourth-order valence-electron chi connectivity index (χ4n) is 2.93. The second-order valence-electron chi connectivity index (χ2n) is 5.82. The van der Waals surface area contributed by atoms with E-state index in [0.717, 1.165) is 25.7 Å². The first-order chi connectivity index (χ1) is 10.5. The van der Waals surface area contributed by atoms with Crippen molar-refractivity contribution >= 4 is 33.5 Å². The molecule has 0 bridgehead atoms. The van der Waals surface area contributed by atoms with Crippen LogP contribution in [0.5, 0.6) is 0 Å². The Morgan fingerprint density at radius 1 is 1.32 bits per heavy atom. The number of nitrogen functional groups attached to an aromatic ring is 1. The minimum atomic E-state index is -1.24. The molecule has 0 heterocycles. The van der Waals surface area contributed by atoms with Gasteiger partial charge < -0.3 is 21.0 Å². The van der Waals surface area contributed by atoms with Crippen LogP contribution in [0, 0.1) is 5.92 Å². The van der Waals surface area contributed by atoms with Crippen molar-refractivity contribution in [3.63, 3.8) is 0 Å². The van der Waals surface area contributed by atoms with Crippen molar-refractivity contribution in [3.8, 4) is 0 Å². The Hall–Kier alpha value is -1.56. The molecule has 0 unspecified atom stereocenters. The molecule has 1 fully saturated rings. The summed E-state index contributed by atoms with van der Waals surface area (Å²) in [6.45, 7) is 0. The van der Waals surface area contributed by atoms with E-state index in [2.05, 4.69) is 21.2 Å². The third-order valence-electron chi connectivity index (χ3n) is 4.14. The summed E-state index contributed by atoms with van der Waals surface area (Å²) in [7, 11) is 0. The standard InChI is InChI=1S/C16H21BrN2O3/c17-11-6-7-13(18)12(9-11)15(20)19-14(16(21)22)8-10-4-2-1-3-5-10/h6-7,9-10,14H,1-5,8,18H2,(H,19,20)(H,21,22)/p-1/t14-/m0/s1. The molecule has 0 saturated heterocycles. The summed E-state index contributed by atoms with van der Waals surface area (Å²) in [5.74, 6) is -1.40. The number of carboxylic acids is 1. The van der Waals surface area contributed by atoms with Crippen molar-refractivity contribution in [1.29, 1.82) is 0 Å². The van der Waals surface area contributed by atoms with Crippen molar-refractivity contribution in [2.45, 2.75) is 44.6 Å². The van der Waals surface area contributed by atoms with Gasteiger partial charge in [-0.1, -0.05) is 48.0 Å². The van der Waals surface area contributed by atoms with Gasteiger partial charge in [0, 0.05) is 10.2 Å². The molecule has 1 aromatic rings. The quantitative estimate of drug-likeness (QED) is 0.776. The van der Waals surface area contributed by atoms with Crippen molar-refractivity contribution in [2.75, 3.05) is 5.73 Å². The van der Waals surface area contributed by atoms with Crippen LogP contribution in [-0.2, 0) is 4.79 Å². The highest BCUT2D eigenvalue weighted by Gasteiger charge is 2.22. The van der Waals surface area contributed by atoms with Crippen LogP contribution >= 0.6 is 15.9 Å². The lowest BCUT2D eigenvalue weighted by molar-refractivity contribution is -0.308. The molecule has 1 aliphatic carbocycles. The molecule has 22 heavy (non-hydrogen) atoms. The molecule has 1 saturated carbocycles.